The molecule has 10 nitrogen and oxygen atoms in total. The molecular formula is C29H29ClN6O4S. The number of amides is 1. The number of halogens is 1. The van der Waals surface area contributed by atoms with E-state index < -0.39 is 15.4 Å². The highest BCUT2D eigenvalue weighted by molar-refractivity contribution is 7.92. The maximum Gasteiger partial charge on any atom is 0.267 e. The van der Waals surface area contributed by atoms with Crippen LogP contribution in [0.3, 0.4) is 0 Å². The van der Waals surface area contributed by atoms with Crippen molar-refractivity contribution < 1.29 is 17.9 Å². The van der Waals surface area contributed by atoms with Crippen LogP contribution in [0.5, 0.6) is 5.88 Å². The van der Waals surface area contributed by atoms with Gasteiger partial charge in [-0.25, -0.2) is 18.1 Å². The maximum absolute atomic E-state index is 13.4. The van der Waals surface area contributed by atoms with E-state index >= 15 is 0 Å². The summed E-state index contributed by atoms with van der Waals surface area (Å²) in [5.74, 6) is 0.192. The first-order chi connectivity index (χ1) is 19.5. The molecule has 1 N–H and O–H groups in total. The lowest BCUT2D eigenvalue weighted by molar-refractivity contribution is -0.143. The van der Waals surface area contributed by atoms with Gasteiger partial charge in [0, 0.05) is 29.9 Å². The Hall–Kier alpha value is -3.96. The minimum Gasteiger partial charge on any atom is -0.470 e. The van der Waals surface area contributed by atoms with Crippen LogP contribution < -0.4 is 9.46 Å². The van der Waals surface area contributed by atoms with Crippen LogP contribution >= 0.6 is 11.6 Å². The molecule has 2 aliphatic rings. The molecule has 41 heavy (non-hydrogen) atoms. The normalized spacial score (nSPS) is 16.2. The Kier molecular flexibility index (Phi) is 6.74. The Morgan fingerprint density at radius 3 is 2.37 bits per heavy atom. The van der Waals surface area contributed by atoms with E-state index in [0.29, 0.717) is 23.8 Å². The molecule has 4 aromatic rings. The first-order valence-corrected chi connectivity index (χ1v) is 15.1. The molecule has 1 aliphatic carbocycles. The molecule has 6 rings (SSSR count). The molecule has 2 aromatic carbocycles. The van der Waals surface area contributed by atoms with Crippen molar-refractivity contribution in [2.24, 2.45) is 7.05 Å². The van der Waals surface area contributed by atoms with E-state index in [9.17, 15) is 13.2 Å². The molecule has 2 fully saturated rings. The van der Waals surface area contributed by atoms with E-state index in [-0.39, 0.29) is 28.7 Å². The number of rotatable bonds is 8. The highest BCUT2D eigenvalue weighted by Crippen LogP contribution is 2.50. The molecule has 1 saturated carbocycles. The van der Waals surface area contributed by atoms with Gasteiger partial charge < -0.3 is 9.64 Å². The summed E-state index contributed by atoms with van der Waals surface area (Å²) in [6.45, 7) is 4.75. The van der Waals surface area contributed by atoms with Gasteiger partial charge in [-0.2, -0.15) is 10.1 Å². The second kappa shape index (κ2) is 10.1. The van der Waals surface area contributed by atoms with Crippen molar-refractivity contribution >= 4 is 33.5 Å². The molecule has 1 saturated heterocycles. The van der Waals surface area contributed by atoms with Crippen LogP contribution in [0.15, 0.2) is 65.8 Å². The lowest BCUT2D eigenvalue weighted by Gasteiger charge is -2.40. The number of carbonyl (C=O) groups excluding carboxylic acids is 1. The summed E-state index contributed by atoms with van der Waals surface area (Å²) in [5.41, 5.74) is 3.85. The highest BCUT2D eigenvalue weighted by atomic mass is 35.5. The van der Waals surface area contributed by atoms with Crippen molar-refractivity contribution in [2.75, 3.05) is 17.8 Å². The number of anilines is 1. The number of hydrogen-bond donors (Lipinski definition) is 1. The molecule has 1 aliphatic heterocycles. The van der Waals surface area contributed by atoms with Crippen LogP contribution in [0.1, 0.15) is 29.5 Å². The smallest absolute Gasteiger partial charge is 0.267 e. The molecule has 212 valence electrons. The van der Waals surface area contributed by atoms with Gasteiger partial charge in [-0.05, 0) is 55.5 Å². The second-order valence-corrected chi connectivity index (χ2v) is 12.8. The van der Waals surface area contributed by atoms with Crippen molar-refractivity contribution in [3.05, 3.63) is 82.6 Å². The molecule has 0 unspecified atom stereocenters. The van der Waals surface area contributed by atoms with Crippen molar-refractivity contribution in [1.29, 1.82) is 0 Å². The minimum absolute atomic E-state index is 0.00798. The molecule has 0 bridgehead atoms. The first-order valence-electron chi connectivity index (χ1n) is 13.2. The SMILES string of the molecule is Cc1cccc(C)c1-c1cc(OC2CN(C(=O)C3(c4ccc(Cl)cc4)CC3)C2)nc(NS(=O)(=O)c2cnn(C)c2)n1. The summed E-state index contributed by atoms with van der Waals surface area (Å²) in [5, 5.41) is 4.59. The number of benzene rings is 2. The largest absolute Gasteiger partial charge is 0.470 e. The van der Waals surface area contributed by atoms with E-state index in [1.165, 1.54) is 17.1 Å². The van der Waals surface area contributed by atoms with E-state index in [0.717, 1.165) is 35.1 Å². The van der Waals surface area contributed by atoms with Gasteiger partial charge in [0.1, 0.15) is 11.0 Å². The summed E-state index contributed by atoms with van der Waals surface area (Å²) < 4.78 is 36.1. The first kappa shape index (κ1) is 27.2. The predicted molar refractivity (Wildman–Crippen MR) is 154 cm³/mol. The number of likely N-dealkylation sites (tertiary alicyclic amines) is 1. The number of aryl methyl sites for hydroxylation is 3. The lowest BCUT2D eigenvalue weighted by Crippen LogP contribution is -2.58. The summed E-state index contributed by atoms with van der Waals surface area (Å²) in [6, 6.07) is 15.1. The van der Waals surface area contributed by atoms with Crippen molar-refractivity contribution in [2.45, 2.75) is 43.1 Å². The van der Waals surface area contributed by atoms with Gasteiger partial charge in [-0.1, -0.05) is 41.9 Å². The monoisotopic (exact) mass is 592 g/mol. The number of ether oxygens (including phenoxy) is 1. The average molecular weight is 593 g/mol. The Balaban J connectivity index is 1.23. The van der Waals surface area contributed by atoms with Gasteiger partial charge in [0.2, 0.25) is 17.7 Å². The van der Waals surface area contributed by atoms with E-state index in [2.05, 4.69) is 19.8 Å². The highest BCUT2D eigenvalue weighted by Gasteiger charge is 2.55. The fourth-order valence-electron chi connectivity index (χ4n) is 5.27. The molecule has 0 radical (unpaired) electrons. The summed E-state index contributed by atoms with van der Waals surface area (Å²) >= 11 is 6.04. The Labute approximate surface area is 243 Å². The van der Waals surface area contributed by atoms with Gasteiger partial charge in [-0.15, -0.1) is 0 Å². The topological polar surface area (TPSA) is 119 Å². The zero-order valence-corrected chi connectivity index (χ0v) is 24.4. The van der Waals surface area contributed by atoms with Crippen LogP contribution in [-0.4, -0.2) is 58.2 Å². The van der Waals surface area contributed by atoms with Gasteiger partial charge in [-0.3, -0.25) is 9.48 Å². The summed E-state index contributed by atoms with van der Waals surface area (Å²) in [6.07, 6.45) is 3.97. The summed E-state index contributed by atoms with van der Waals surface area (Å²) in [7, 11) is -2.35. The number of nitrogens with one attached hydrogen (secondary N) is 1. The van der Waals surface area contributed by atoms with Gasteiger partial charge in [0.25, 0.3) is 10.0 Å². The van der Waals surface area contributed by atoms with Crippen molar-refractivity contribution in [1.82, 2.24) is 24.6 Å². The zero-order valence-electron chi connectivity index (χ0n) is 22.8. The fraction of sp³-hybridized carbons (Fsp3) is 0.310. The Bertz CT molecular complexity index is 1730. The van der Waals surface area contributed by atoms with Crippen LogP contribution in [0.25, 0.3) is 11.3 Å². The third kappa shape index (κ3) is 5.27. The zero-order chi connectivity index (χ0) is 28.9. The predicted octanol–water partition coefficient (Wildman–Crippen LogP) is 4.27. The Morgan fingerprint density at radius 1 is 1.07 bits per heavy atom. The fourth-order valence-corrected chi connectivity index (χ4v) is 6.32. The molecule has 1 amide bonds. The third-order valence-electron chi connectivity index (χ3n) is 7.64. The van der Waals surface area contributed by atoms with E-state index in [1.807, 2.05) is 56.3 Å². The van der Waals surface area contributed by atoms with Crippen LogP contribution in [0.2, 0.25) is 5.02 Å². The molecule has 0 atom stereocenters. The number of aromatic nitrogens is 4. The molecule has 2 aromatic heterocycles. The summed E-state index contributed by atoms with van der Waals surface area (Å²) in [4.78, 5) is 24.1. The van der Waals surface area contributed by atoms with Gasteiger partial charge >= 0.3 is 0 Å². The quantitative estimate of drug-likeness (QED) is 0.324. The van der Waals surface area contributed by atoms with Crippen LogP contribution in [-0.2, 0) is 27.3 Å². The van der Waals surface area contributed by atoms with E-state index in [1.54, 1.807) is 18.0 Å². The maximum atomic E-state index is 13.4. The number of sulfonamides is 1. The average Bonchev–Trinajstić information content (AvgIpc) is 3.58. The van der Waals surface area contributed by atoms with Crippen LogP contribution in [0, 0.1) is 13.8 Å². The molecule has 3 heterocycles. The molecule has 12 heteroatoms. The van der Waals surface area contributed by atoms with Crippen molar-refractivity contribution in [3.8, 4) is 17.1 Å². The minimum atomic E-state index is -3.98. The van der Waals surface area contributed by atoms with E-state index in [4.69, 9.17) is 16.3 Å². The van der Waals surface area contributed by atoms with Gasteiger partial charge in [0.15, 0.2) is 0 Å². The Morgan fingerprint density at radius 2 is 1.76 bits per heavy atom. The standard InChI is InChI=1S/C29H29ClN6O4S/c1-18-5-4-6-19(2)26(18)24-13-25(33-28(32-24)34-41(38,39)23-14-31-35(3)17-23)40-22-15-36(16-22)27(37)29(11-12-29)20-7-9-21(30)10-8-20/h4-10,13-14,17,22H,11-12,15-16H2,1-3H3,(H,32,33,34). The molecular weight excluding hydrogens is 564 g/mol. The number of nitrogens with zero attached hydrogens (tertiary/aromatic N) is 5. The van der Waals surface area contributed by atoms with Gasteiger partial charge in [0.05, 0.1) is 30.4 Å². The number of hydrogen-bond acceptors (Lipinski definition) is 7. The number of carbonyl (C=O) groups is 1. The second-order valence-electron chi connectivity index (χ2n) is 10.7. The lowest BCUT2D eigenvalue weighted by atomic mass is 9.93. The molecule has 0 spiro atoms. The van der Waals surface area contributed by atoms with Crippen LogP contribution in [0.4, 0.5) is 5.95 Å². The third-order valence-corrected chi connectivity index (χ3v) is 9.17. The van der Waals surface area contributed by atoms with Crippen molar-refractivity contribution in [3.63, 3.8) is 0 Å².